The number of carbonyl (C=O) groups is 2. The minimum absolute atomic E-state index is 0.00782. The van der Waals surface area contributed by atoms with Crippen LogP contribution in [0.1, 0.15) is 393 Å². The van der Waals surface area contributed by atoms with E-state index in [0.29, 0.717) is 25.9 Å². The standard InChI is InChI=1S/C71H137NO5/c1-3-5-7-9-11-13-15-17-18-19-33-36-40-43-47-51-55-59-63-69(74)68(67-73)72-70(75)64-60-56-52-48-44-41-37-34-31-29-27-25-23-21-20-22-24-26-28-30-32-35-38-42-46-50-54-58-62-66-77-71(76)65-61-57-53-49-45-39-16-14-12-10-8-6-4-2/h14,16,20,22,68-69,73-74H,3-13,15,17-19,21,23-67H2,1-2H3,(H,72,75)/b16-14-,22-20-. The van der Waals surface area contributed by atoms with Crippen LogP contribution < -0.4 is 5.32 Å². The fourth-order valence-electron chi connectivity index (χ4n) is 11.1. The third-order valence-electron chi connectivity index (χ3n) is 16.5. The molecule has 0 rings (SSSR count). The maximum Gasteiger partial charge on any atom is 0.305 e. The first kappa shape index (κ1) is 75.3. The molecule has 0 aliphatic rings. The summed E-state index contributed by atoms with van der Waals surface area (Å²) in [5.41, 5.74) is 0. The summed E-state index contributed by atoms with van der Waals surface area (Å²) in [5.74, 6) is -0.0226. The van der Waals surface area contributed by atoms with Crippen molar-refractivity contribution in [2.75, 3.05) is 13.2 Å². The number of nitrogens with one attached hydrogen (secondary N) is 1. The van der Waals surface area contributed by atoms with E-state index in [2.05, 4.69) is 43.5 Å². The van der Waals surface area contributed by atoms with Gasteiger partial charge in [0.2, 0.25) is 5.91 Å². The van der Waals surface area contributed by atoms with Crippen LogP contribution in [-0.2, 0) is 14.3 Å². The summed E-state index contributed by atoms with van der Waals surface area (Å²) in [7, 11) is 0. The van der Waals surface area contributed by atoms with Crippen molar-refractivity contribution < 1.29 is 24.5 Å². The smallest absolute Gasteiger partial charge is 0.305 e. The molecule has 1 amide bonds. The van der Waals surface area contributed by atoms with Crippen LogP contribution in [0.4, 0.5) is 0 Å². The molecule has 0 aliphatic heterocycles. The molecule has 0 aliphatic carbocycles. The molecule has 0 saturated carbocycles. The van der Waals surface area contributed by atoms with E-state index in [-0.39, 0.29) is 18.5 Å². The lowest BCUT2D eigenvalue weighted by Gasteiger charge is -2.22. The number of amides is 1. The van der Waals surface area contributed by atoms with Gasteiger partial charge in [0.05, 0.1) is 25.4 Å². The molecule has 6 heteroatoms. The van der Waals surface area contributed by atoms with Gasteiger partial charge in [-0.25, -0.2) is 0 Å². The zero-order chi connectivity index (χ0) is 55.7. The molecule has 6 nitrogen and oxygen atoms in total. The van der Waals surface area contributed by atoms with Gasteiger partial charge in [-0.1, -0.05) is 327 Å². The Morgan fingerprint density at radius 1 is 0.351 bits per heavy atom. The molecule has 0 fully saturated rings. The van der Waals surface area contributed by atoms with Crippen LogP contribution in [0.15, 0.2) is 24.3 Å². The molecule has 456 valence electrons. The predicted molar refractivity (Wildman–Crippen MR) is 338 cm³/mol. The topological polar surface area (TPSA) is 95.9 Å². The number of esters is 1. The number of rotatable bonds is 66. The van der Waals surface area contributed by atoms with Gasteiger partial charge in [0.25, 0.3) is 0 Å². The first-order valence-corrected chi connectivity index (χ1v) is 35.1. The van der Waals surface area contributed by atoms with Gasteiger partial charge in [0.1, 0.15) is 0 Å². The summed E-state index contributed by atoms with van der Waals surface area (Å²) in [6, 6.07) is -0.541. The van der Waals surface area contributed by atoms with Crippen molar-refractivity contribution in [1.82, 2.24) is 5.32 Å². The molecule has 0 heterocycles. The second kappa shape index (κ2) is 66.8. The second-order valence-corrected chi connectivity index (χ2v) is 24.2. The molecule has 2 unspecified atom stereocenters. The van der Waals surface area contributed by atoms with Crippen LogP contribution in [0.5, 0.6) is 0 Å². The Labute approximate surface area is 481 Å². The zero-order valence-corrected chi connectivity index (χ0v) is 52.2. The highest BCUT2D eigenvalue weighted by Crippen LogP contribution is 2.19. The molecule has 2 atom stereocenters. The molecule has 0 spiro atoms. The summed E-state index contributed by atoms with van der Waals surface area (Å²) in [4.78, 5) is 24.6. The normalized spacial score (nSPS) is 12.6. The third kappa shape index (κ3) is 63.4. The van der Waals surface area contributed by atoms with Crippen molar-refractivity contribution in [2.45, 2.75) is 405 Å². The van der Waals surface area contributed by atoms with Gasteiger partial charge in [0, 0.05) is 12.8 Å². The summed E-state index contributed by atoms with van der Waals surface area (Å²) >= 11 is 0. The molecular formula is C71H137NO5. The average Bonchev–Trinajstić information content (AvgIpc) is 3.43. The highest BCUT2D eigenvalue weighted by Gasteiger charge is 2.20. The Morgan fingerprint density at radius 3 is 0.935 bits per heavy atom. The van der Waals surface area contributed by atoms with E-state index in [0.717, 1.165) is 44.9 Å². The molecule has 0 aromatic heterocycles. The fourth-order valence-corrected chi connectivity index (χ4v) is 11.1. The Kier molecular flexibility index (Phi) is 65.4. The van der Waals surface area contributed by atoms with Crippen LogP contribution in [0.2, 0.25) is 0 Å². The number of ether oxygens (including phenoxy) is 1. The first-order chi connectivity index (χ1) is 38.0. The van der Waals surface area contributed by atoms with Gasteiger partial charge in [0.15, 0.2) is 0 Å². The molecule has 77 heavy (non-hydrogen) atoms. The lowest BCUT2D eigenvalue weighted by atomic mass is 10.0. The van der Waals surface area contributed by atoms with E-state index in [1.165, 1.54) is 315 Å². The van der Waals surface area contributed by atoms with E-state index in [4.69, 9.17) is 4.74 Å². The summed E-state index contributed by atoms with van der Waals surface area (Å²) in [6.07, 6.45) is 83.7. The van der Waals surface area contributed by atoms with Crippen molar-refractivity contribution in [3.63, 3.8) is 0 Å². The van der Waals surface area contributed by atoms with Crippen LogP contribution >= 0.6 is 0 Å². The summed E-state index contributed by atoms with van der Waals surface area (Å²) in [6.45, 7) is 4.97. The SMILES string of the molecule is CCCCCC/C=C\CCCCCCCC(=O)OCCCCCCCCCCCCCC/C=C\CCCCCCCCCCCCCCCC(=O)NC(CO)C(O)CCCCCCCCCCCCCCCCCCCC. The van der Waals surface area contributed by atoms with Crippen molar-refractivity contribution >= 4 is 11.9 Å². The lowest BCUT2D eigenvalue weighted by Crippen LogP contribution is -2.45. The number of hydrogen-bond donors (Lipinski definition) is 3. The minimum Gasteiger partial charge on any atom is -0.466 e. The highest BCUT2D eigenvalue weighted by molar-refractivity contribution is 5.76. The second-order valence-electron chi connectivity index (χ2n) is 24.2. The number of aliphatic hydroxyl groups is 2. The fraction of sp³-hybridized carbons (Fsp3) is 0.915. The summed E-state index contributed by atoms with van der Waals surface area (Å²) < 4.78 is 5.48. The van der Waals surface area contributed by atoms with Crippen LogP contribution in [-0.4, -0.2) is 47.4 Å². The Hall–Kier alpha value is -1.66. The van der Waals surface area contributed by atoms with Crippen molar-refractivity contribution in [1.29, 1.82) is 0 Å². The Balaban J connectivity index is 3.37. The molecule has 0 bridgehead atoms. The maximum atomic E-state index is 12.5. The quantitative estimate of drug-likeness (QED) is 0.0320. The molecule has 0 radical (unpaired) electrons. The Bertz CT molecular complexity index is 1200. The number of carbonyl (C=O) groups excluding carboxylic acids is 2. The molecular weight excluding hydrogens is 947 g/mol. The molecule has 0 aromatic rings. The average molecular weight is 1080 g/mol. The Morgan fingerprint density at radius 2 is 0.610 bits per heavy atom. The molecule has 0 saturated heterocycles. The third-order valence-corrected chi connectivity index (χ3v) is 16.5. The number of hydrogen-bond acceptors (Lipinski definition) is 5. The monoisotopic (exact) mass is 1080 g/mol. The minimum atomic E-state index is -0.664. The van der Waals surface area contributed by atoms with E-state index >= 15 is 0 Å². The van der Waals surface area contributed by atoms with Gasteiger partial charge >= 0.3 is 5.97 Å². The summed E-state index contributed by atoms with van der Waals surface area (Å²) in [5, 5.41) is 23.4. The van der Waals surface area contributed by atoms with E-state index in [9.17, 15) is 19.8 Å². The van der Waals surface area contributed by atoms with Gasteiger partial charge in [-0.15, -0.1) is 0 Å². The zero-order valence-electron chi connectivity index (χ0n) is 52.2. The number of unbranched alkanes of at least 4 members (excludes halogenated alkanes) is 51. The van der Waals surface area contributed by atoms with Gasteiger partial charge in [-0.3, -0.25) is 9.59 Å². The predicted octanol–water partition coefficient (Wildman–Crippen LogP) is 22.5. The van der Waals surface area contributed by atoms with Crippen LogP contribution in [0, 0.1) is 0 Å². The van der Waals surface area contributed by atoms with Crippen LogP contribution in [0.25, 0.3) is 0 Å². The number of allylic oxidation sites excluding steroid dienone is 4. The largest absolute Gasteiger partial charge is 0.466 e. The van der Waals surface area contributed by atoms with Crippen molar-refractivity contribution in [3.8, 4) is 0 Å². The van der Waals surface area contributed by atoms with Gasteiger partial charge < -0.3 is 20.3 Å². The van der Waals surface area contributed by atoms with E-state index < -0.39 is 12.1 Å². The molecule has 3 N–H and O–H groups in total. The van der Waals surface area contributed by atoms with Crippen LogP contribution in [0.3, 0.4) is 0 Å². The number of aliphatic hydroxyl groups excluding tert-OH is 2. The lowest BCUT2D eigenvalue weighted by molar-refractivity contribution is -0.143. The van der Waals surface area contributed by atoms with E-state index in [1.54, 1.807) is 0 Å². The maximum absolute atomic E-state index is 12.5. The van der Waals surface area contributed by atoms with Gasteiger partial charge in [-0.05, 0) is 77.0 Å². The molecule has 0 aromatic carbocycles. The van der Waals surface area contributed by atoms with Gasteiger partial charge in [-0.2, -0.15) is 0 Å². The van der Waals surface area contributed by atoms with Crippen molar-refractivity contribution in [3.05, 3.63) is 24.3 Å². The first-order valence-electron chi connectivity index (χ1n) is 35.1. The highest BCUT2D eigenvalue weighted by atomic mass is 16.5. The van der Waals surface area contributed by atoms with E-state index in [1.807, 2.05) is 0 Å². The van der Waals surface area contributed by atoms with Crippen molar-refractivity contribution in [2.24, 2.45) is 0 Å².